The van der Waals surface area contributed by atoms with Crippen LogP contribution in [0, 0.1) is 0 Å². The molecule has 0 aromatic heterocycles. The molecule has 23 heavy (non-hydrogen) atoms. The number of aryl methyl sites for hydroxylation is 1. The van der Waals surface area contributed by atoms with Crippen LogP contribution in [0.1, 0.15) is 31.2 Å². The first-order chi connectivity index (χ1) is 11.2. The summed E-state index contributed by atoms with van der Waals surface area (Å²) < 4.78 is 11.5. The van der Waals surface area contributed by atoms with Gasteiger partial charge in [0.15, 0.2) is 11.5 Å². The lowest BCUT2D eigenvalue weighted by Crippen LogP contribution is -2.33. The van der Waals surface area contributed by atoms with Crippen LogP contribution in [0.4, 0.5) is 0 Å². The Morgan fingerprint density at radius 2 is 1.87 bits per heavy atom. The molecular weight excluding hydrogens is 288 g/mol. The topological polar surface area (TPSA) is 24.9 Å². The Morgan fingerprint density at radius 3 is 2.57 bits per heavy atom. The van der Waals surface area contributed by atoms with E-state index in [1.54, 1.807) is 7.11 Å². The average Bonchev–Trinajstić information content (AvgIpc) is 2.56. The molecule has 1 fully saturated rings. The largest absolute Gasteiger partial charge is 0.493 e. The summed E-state index contributed by atoms with van der Waals surface area (Å²) in [6.45, 7) is 5.27. The third-order valence-electron chi connectivity index (χ3n) is 4.41. The van der Waals surface area contributed by atoms with E-state index in [0.29, 0.717) is 0 Å². The number of likely N-dealkylation sites (tertiary alicyclic amines) is 1. The Kier molecular flexibility index (Phi) is 7.69. The maximum absolute atomic E-state index is 5.95. The summed E-state index contributed by atoms with van der Waals surface area (Å²) in [5.41, 5.74) is 1.31. The predicted molar refractivity (Wildman–Crippen MR) is 95.7 cm³/mol. The summed E-state index contributed by atoms with van der Waals surface area (Å²) in [5, 5.41) is 0. The van der Waals surface area contributed by atoms with Gasteiger partial charge in [-0.25, -0.2) is 0 Å². The number of benzene rings is 1. The number of hydrogen-bond donors (Lipinski definition) is 0. The summed E-state index contributed by atoms with van der Waals surface area (Å²) in [5.74, 6) is 1.71. The monoisotopic (exact) mass is 320 g/mol. The van der Waals surface area contributed by atoms with Crippen LogP contribution in [0.3, 0.4) is 0 Å². The van der Waals surface area contributed by atoms with Gasteiger partial charge in [0, 0.05) is 6.54 Å². The van der Waals surface area contributed by atoms with E-state index in [2.05, 4.69) is 42.1 Å². The summed E-state index contributed by atoms with van der Waals surface area (Å²) >= 11 is 0. The summed E-state index contributed by atoms with van der Waals surface area (Å²) in [6, 6.07) is 6.33. The number of methoxy groups -OCH3 is 1. The van der Waals surface area contributed by atoms with Crippen molar-refractivity contribution < 1.29 is 9.47 Å². The lowest BCUT2D eigenvalue weighted by molar-refractivity contribution is 0.180. The fraction of sp³-hybridized carbons (Fsp3) is 0.684. The molecule has 0 unspecified atom stereocenters. The number of rotatable bonds is 9. The van der Waals surface area contributed by atoms with Crippen LogP contribution in [0.15, 0.2) is 18.2 Å². The lowest BCUT2D eigenvalue weighted by atomic mass is 10.1. The summed E-state index contributed by atoms with van der Waals surface area (Å²) in [6.07, 6.45) is 6.25. The predicted octanol–water partition coefficient (Wildman–Crippen LogP) is 3.05. The van der Waals surface area contributed by atoms with Gasteiger partial charge in [-0.3, -0.25) is 4.90 Å². The smallest absolute Gasteiger partial charge is 0.161 e. The van der Waals surface area contributed by atoms with Gasteiger partial charge < -0.3 is 14.4 Å². The molecule has 0 N–H and O–H groups in total. The van der Waals surface area contributed by atoms with E-state index in [9.17, 15) is 0 Å². The molecule has 0 spiro atoms. The standard InChI is InChI=1S/C19H32N2O2/c1-20(2)11-7-8-17-9-10-18(19(16-17)22-3)23-15-14-21-12-5-4-6-13-21/h9-10,16H,4-8,11-15H2,1-3H3. The van der Waals surface area contributed by atoms with Crippen molar-refractivity contribution in [2.45, 2.75) is 32.1 Å². The van der Waals surface area contributed by atoms with Gasteiger partial charge in [0.25, 0.3) is 0 Å². The van der Waals surface area contributed by atoms with E-state index in [1.807, 2.05) is 0 Å². The second kappa shape index (κ2) is 9.78. The van der Waals surface area contributed by atoms with Crippen molar-refractivity contribution in [3.63, 3.8) is 0 Å². The highest BCUT2D eigenvalue weighted by molar-refractivity contribution is 5.43. The first kappa shape index (κ1) is 18.1. The maximum Gasteiger partial charge on any atom is 0.161 e. The molecule has 0 saturated carbocycles. The second-order valence-corrected chi connectivity index (χ2v) is 6.64. The van der Waals surface area contributed by atoms with Gasteiger partial charge in [-0.05, 0) is 77.1 Å². The molecule has 1 aromatic rings. The zero-order valence-corrected chi connectivity index (χ0v) is 15.0. The minimum atomic E-state index is 0.732. The van der Waals surface area contributed by atoms with Crippen LogP contribution in [0.25, 0.3) is 0 Å². The van der Waals surface area contributed by atoms with Crippen molar-refractivity contribution in [1.29, 1.82) is 0 Å². The molecule has 0 radical (unpaired) electrons. The molecule has 4 nitrogen and oxygen atoms in total. The molecule has 0 aliphatic carbocycles. The van der Waals surface area contributed by atoms with Crippen molar-refractivity contribution in [3.8, 4) is 11.5 Å². The zero-order valence-electron chi connectivity index (χ0n) is 15.0. The van der Waals surface area contributed by atoms with Crippen LogP contribution in [-0.4, -0.2) is 63.8 Å². The lowest BCUT2D eigenvalue weighted by Gasteiger charge is -2.26. The minimum absolute atomic E-state index is 0.732. The van der Waals surface area contributed by atoms with Crippen LogP contribution in [0.2, 0.25) is 0 Å². The van der Waals surface area contributed by atoms with Crippen LogP contribution in [-0.2, 0) is 6.42 Å². The van der Waals surface area contributed by atoms with Gasteiger partial charge in [-0.15, -0.1) is 0 Å². The van der Waals surface area contributed by atoms with E-state index in [0.717, 1.165) is 44.0 Å². The Hall–Kier alpha value is -1.26. The molecule has 0 atom stereocenters. The van der Waals surface area contributed by atoms with E-state index in [4.69, 9.17) is 9.47 Å². The fourth-order valence-corrected chi connectivity index (χ4v) is 3.05. The molecule has 2 rings (SSSR count). The Labute approximate surface area is 141 Å². The summed E-state index contributed by atoms with van der Waals surface area (Å²) in [4.78, 5) is 4.71. The normalized spacial score (nSPS) is 15.8. The molecule has 0 amide bonds. The SMILES string of the molecule is COc1cc(CCCN(C)C)ccc1OCCN1CCCCC1. The number of ether oxygens (including phenoxy) is 2. The van der Waals surface area contributed by atoms with Gasteiger partial charge in [0.05, 0.1) is 7.11 Å². The van der Waals surface area contributed by atoms with Crippen molar-refractivity contribution in [3.05, 3.63) is 23.8 Å². The zero-order chi connectivity index (χ0) is 16.5. The maximum atomic E-state index is 5.95. The molecule has 1 aromatic carbocycles. The van der Waals surface area contributed by atoms with Crippen LogP contribution in [0.5, 0.6) is 11.5 Å². The van der Waals surface area contributed by atoms with Gasteiger partial charge in [-0.1, -0.05) is 12.5 Å². The molecule has 1 heterocycles. The minimum Gasteiger partial charge on any atom is -0.493 e. The van der Waals surface area contributed by atoms with E-state index in [1.165, 1.54) is 37.9 Å². The van der Waals surface area contributed by atoms with Gasteiger partial charge >= 0.3 is 0 Å². The quantitative estimate of drug-likeness (QED) is 0.698. The van der Waals surface area contributed by atoms with Crippen molar-refractivity contribution in [1.82, 2.24) is 9.80 Å². The second-order valence-electron chi connectivity index (χ2n) is 6.64. The van der Waals surface area contributed by atoms with E-state index >= 15 is 0 Å². The van der Waals surface area contributed by atoms with Crippen LogP contribution >= 0.6 is 0 Å². The first-order valence-corrected chi connectivity index (χ1v) is 8.86. The third kappa shape index (κ3) is 6.40. The molecule has 1 aliphatic heterocycles. The average molecular weight is 320 g/mol. The van der Waals surface area contributed by atoms with Crippen LogP contribution < -0.4 is 9.47 Å². The highest BCUT2D eigenvalue weighted by Gasteiger charge is 2.11. The highest BCUT2D eigenvalue weighted by Crippen LogP contribution is 2.28. The van der Waals surface area contributed by atoms with Crippen molar-refractivity contribution >= 4 is 0 Å². The summed E-state index contributed by atoms with van der Waals surface area (Å²) in [7, 11) is 5.94. The fourth-order valence-electron chi connectivity index (χ4n) is 3.05. The molecule has 1 aliphatic rings. The Morgan fingerprint density at radius 1 is 1.09 bits per heavy atom. The highest BCUT2D eigenvalue weighted by atomic mass is 16.5. The third-order valence-corrected chi connectivity index (χ3v) is 4.41. The molecule has 130 valence electrons. The molecular formula is C19H32N2O2. The van der Waals surface area contributed by atoms with E-state index in [-0.39, 0.29) is 0 Å². The van der Waals surface area contributed by atoms with Crippen molar-refractivity contribution in [2.24, 2.45) is 0 Å². The molecule has 0 bridgehead atoms. The van der Waals surface area contributed by atoms with Crippen molar-refractivity contribution in [2.75, 3.05) is 54.0 Å². The van der Waals surface area contributed by atoms with Gasteiger partial charge in [0.2, 0.25) is 0 Å². The molecule has 1 saturated heterocycles. The Balaban J connectivity index is 1.81. The van der Waals surface area contributed by atoms with E-state index < -0.39 is 0 Å². The first-order valence-electron chi connectivity index (χ1n) is 8.86. The number of nitrogens with zero attached hydrogens (tertiary/aromatic N) is 2. The van der Waals surface area contributed by atoms with Gasteiger partial charge in [-0.2, -0.15) is 0 Å². The Bertz CT molecular complexity index is 457. The number of piperidine rings is 1. The molecule has 4 heteroatoms. The number of hydrogen-bond acceptors (Lipinski definition) is 4. The van der Waals surface area contributed by atoms with Gasteiger partial charge in [0.1, 0.15) is 6.61 Å².